The molecule has 1 aromatic rings. The Morgan fingerprint density at radius 2 is 1.96 bits per heavy atom. The maximum atomic E-state index is 5.72. The highest BCUT2D eigenvalue weighted by Crippen LogP contribution is 2.39. The van der Waals surface area contributed by atoms with Gasteiger partial charge in [-0.25, -0.2) is 0 Å². The fraction of sp³-hybridized carbons (Fsp3) is 0.650. The van der Waals surface area contributed by atoms with Crippen LogP contribution in [0.5, 0.6) is 17.2 Å². The van der Waals surface area contributed by atoms with E-state index in [0.29, 0.717) is 29.7 Å². The Morgan fingerprint density at radius 1 is 1.14 bits per heavy atom. The van der Waals surface area contributed by atoms with Gasteiger partial charge in [-0.1, -0.05) is 0 Å². The fourth-order valence-electron chi connectivity index (χ4n) is 3.05. The highest BCUT2D eigenvalue weighted by atomic mass is 16.5. The molecule has 1 aromatic carbocycles. The minimum atomic E-state index is 0.543. The quantitative estimate of drug-likeness (QED) is 0.336. The van der Waals surface area contributed by atoms with Gasteiger partial charge >= 0.3 is 0 Å². The van der Waals surface area contributed by atoms with Gasteiger partial charge in [-0.05, 0) is 25.0 Å². The van der Waals surface area contributed by atoms with Gasteiger partial charge in [-0.3, -0.25) is 4.99 Å². The SMILES string of the molecule is CN=C(NCCCOCC1CCOC1)NCc1ccc(OC)c(OC)c1OC. The topological polar surface area (TPSA) is 82.6 Å². The van der Waals surface area contributed by atoms with E-state index >= 15 is 0 Å². The van der Waals surface area contributed by atoms with Crippen LogP contribution in [0.3, 0.4) is 0 Å². The maximum Gasteiger partial charge on any atom is 0.203 e. The van der Waals surface area contributed by atoms with Crippen molar-refractivity contribution in [1.29, 1.82) is 0 Å². The minimum absolute atomic E-state index is 0.543. The summed E-state index contributed by atoms with van der Waals surface area (Å²) in [5.74, 6) is 3.14. The van der Waals surface area contributed by atoms with Crippen molar-refractivity contribution in [2.75, 3.05) is 61.3 Å². The molecule has 1 unspecified atom stereocenters. The fourth-order valence-corrected chi connectivity index (χ4v) is 3.05. The molecule has 0 aromatic heterocycles. The first-order chi connectivity index (χ1) is 13.7. The van der Waals surface area contributed by atoms with Crippen LogP contribution in [-0.4, -0.2) is 67.3 Å². The van der Waals surface area contributed by atoms with Crippen molar-refractivity contribution in [3.05, 3.63) is 17.7 Å². The summed E-state index contributed by atoms with van der Waals surface area (Å²) in [5.41, 5.74) is 0.949. The Kier molecular flexibility index (Phi) is 9.71. The molecule has 0 aliphatic carbocycles. The number of benzene rings is 1. The van der Waals surface area contributed by atoms with Gasteiger partial charge in [-0.2, -0.15) is 0 Å². The van der Waals surface area contributed by atoms with E-state index in [1.54, 1.807) is 28.4 Å². The van der Waals surface area contributed by atoms with E-state index in [9.17, 15) is 0 Å². The van der Waals surface area contributed by atoms with E-state index < -0.39 is 0 Å². The molecular formula is C20H33N3O5. The summed E-state index contributed by atoms with van der Waals surface area (Å²) >= 11 is 0. The zero-order chi connectivity index (χ0) is 20.2. The molecule has 0 saturated carbocycles. The Morgan fingerprint density at radius 3 is 2.61 bits per heavy atom. The monoisotopic (exact) mass is 395 g/mol. The van der Waals surface area contributed by atoms with Crippen molar-refractivity contribution in [1.82, 2.24) is 10.6 Å². The van der Waals surface area contributed by atoms with Gasteiger partial charge in [0.25, 0.3) is 0 Å². The second kappa shape index (κ2) is 12.3. The van der Waals surface area contributed by atoms with E-state index in [4.69, 9.17) is 23.7 Å². The van der Waals surface area contributed by atoms with Crippen LogP contribution in [0.4, 0.5) is 0 Å². The number of rotatable bonds is 11. The summed E-state index contributed by atoms with van der Waals surface area (Å²) in [7, 11) is 6.56. The third kappa shape index (κ3) is 6.45. The molecule has 8 nitrogen and oxygen atoms in total. The first kappa shape index (κ1) is 22.1. The van der Waals surface area contributed by atoms with E-state index in [1.807, 2.05) is 12.1 Å². The Balaban J connectivity index is 1.74. The van der Waals surface area contributed by atoms with Gasteiger partial charge in [-0.15, -0.1) is 0 Å². The highest BCUT2D eigenvalue weighted by Gasteiger charge is 2.16. The highest BCUT2D eigenvalue weighted by molar-refractivity contribution is 5.79. The van der Waals surface area contributed by atoms with Crippen LogP contribution in [0.1, 0.15) is 18.4 Å². The van der Waals surface area contributed by atoms with Crippen molar-refractivity contribution in [2.24, 2.45) is 10.9 Å². The molecule has 2 rings (SSSR count). The molecule has 2 N–H and O–H groups in total. The largest absolute Gasteiger partial charge is 0.493 e. The summed E-state index contributed by atoms with van der Waals surface area (Å²) in [6, 6.07) is 3.81. The second-order valence-corrected chi connectivity index (χ2v) is 6.50. The smallest absolute Gasteiger partial charge is 0.203 e. The lowest BCUT2D eigenvalue weighted by molar-refractivity contribution is 0.0888. The van der Waals surface area contributed by atoms with Crippen LogP contribution in [0.15, 0.2) is 17.1 Å². The van der Waals surface area contributed by atoms with E-state index in [2.05, 4.69) is 15.6 Å². The van der Waals surface area contributed by atoms with Crippen LogP contribution >= 0.6 is 0 Å². The molecule has 0 spiro atoms. The number of ether oxygens (including phenoxy) is 5. The Hall–Kier alpha value is -2.19. The van der Waals surface area contributed by atoms with Crippen molar-refractivity contribution in [2.45, 2.75) is 19.4 Å². The molecule has 0 bridgehead atoms. The molecule has 0 radical (unpaired) electrons. The van der Waals surface area contributed by atoms with Crippen molar-refractivity contribution in [3.8, 4) is 17.2 Å². The van der Waals surface area contributed by atoms with Gasteiger partial charge in [0.2, 0.25) is 5.75 Å². The molecule has 8 heteroatoms. The number of hydrogen-bond donors (Lipinski definition) is 2. The molecule has 1 fully saturated rings. The second-order valence-electron chi connectivity index (χ2n) is 6.50. The normalized spacial score (nSPS) is 16.7. The predicted octanol–water partition coefficient (Wildman–Crippen LogP) is 1.82. The maximum absolute atomic E-state index is 5.72. The van der Waals surface area contributed by atoms with Crippen LogP contribution < -0.4 is 24.8 Å². The van der Waals surface area contributed by atoms with Crippen LogP contribution in [0, 0.1) is 5.92 Å². The summed E-state index contributed by atoms with van der Waals surface area (Å²) in [4.78, 5) is 4.26. The zero-order valence-electron chi connectivity index (χ0n) is 17.4. The molecule has 28 heavy (non-hydrogen) atoms. The molecule has 1 aliphatic heterocycles. The van der Waals surface area contributed by atoms with Crippen molar-refractivity contribution in [3.63, 3.8) is 0 Å². The number of nitrogens with zero attached hydrogens (tertiary/aromatic N) is 1. The third-order valence-corrected chi connectivity index (χ3v) is 4.59. The lowest BCUT2D eigenvalue weighted by Crippen LogP contribution is -2.37. The predicted molar refractivity (Wildman–Crippen MR) is 109 cm³/mol. The summed E-state index contributed by atoms with van der Waals surface area (Å²) < 4.78 is 27.3. The zero-order valence-corrected chi connectivity index (χ0v) is 17.4. The summed E-state index contributed by atoms with van der Waals surface area (Å²) in [6.07, 6.45) is 2.02. The lowest BCUT2D eigenvalue weighted by atomic mass is 10.1. The molecule has 1 atom stereocenters. The first-order valence-electron chi connectivity index (χ1n) is 9.61. The number of aliphatic imine (C=N–C) groups is 1. The van der Waals surface area contributed by atoms with Crippen LogP contribution in [-0.2, 0) is 16.0 Å². The van der Waals surface area contributed by atoms with E-state index in [0.717, 1.165) is 57.3 Å². The van der Waals surface area contributed by atoms with Crippen LogP contribution in [0.25, 0.3) is 0 Å². The Labute approximate surface area is 167 Å². The van der Waals surface area contributed by atoms with E-state index in [1.165, 1.54) is 0 Å². The number of hydrogen-bond acceptors (Lipinski definition) is 6. The van der Waals surface area contributed by atoms with Gasteiger partial charge < -0.3 is 34.3 Å². The average Bonchev–Trinajstić information content (AvgIpc) is 3.25. The molecule has 0 amide bonds. The number of nitrogens with one attached hydrogen (secondary N) is 2. The number of methoxy groups -OCH3 is 3. The van der Waals surface area contributed by atoms with Gasteiger partial charge in [0, 0.05) is 44.8 Å². The molecule has 1 heterocycles. The molecule has 1 saturated heterocycles. The summed E-state index contributed by atoms with van der Waals surface area (Å²) in [6.45, 7) is 4.53. The molecular weight excluding hydrogens is 362 g/mol. The number of guanidine groups is 1. The minimum Gasteiger partial charge on any atom is -0.493 e. The average molecular weight is 396 g/mol. The van der Waals surface area contributed by atoms with Gasteiger partial charge in [0.15, 0.2) is 17.5 Å². The van der Waals surface area contributed by atoms with E-state index in [-0.39, 0.29) is 0 Å². The first-order valence-corrected chi connectivity index (χ1v) is 9.61. The third-order valence-electron chi connectivity index (χ3n) is 4.59. The molecule has 1 aliphatic rings. The Bertz CT molecular complexity index is 618. The molecule has 158 valence electrons. The van der Waals surface area contributed by atoms with Crippen molar-refractivity contribution >= 4 is 5.96 Å². The standard InChI is InChI=1S/C20H33N3O5/c1-21-20(22-9-5-10-27-13-15-8-11-28-14-15)23-12-16-6-7-17(24-2)19(26-4)18(16)25-3/h6-7,15H,5,8-14H2,1-4H3,(H2,21,22,23). The van der Waals surface area contributed by atoms with Gasteiger partial charge in [0.1, 0.15) is 0 Å². The lowest BCUT2D eigenvalue weighted by Gasteiger charge is -2.17. The van der Waals surface area contributed by atoms with Crippen LogP contribution in [0.2, 0.25) is 0 Å². The summed E-state index contributed by atoms with van der Waals surface area (Å²) in [5, 5.41) is 6.58. The van der Waals surface area contributed by atoms with Gasteiger partial charge in [0.05, 0.1) is 34.5 Å². The van der Waals surface area contributed by atoms with Crippen molar-refractivity contribution < 1.29 is 23.7 Å².